The van der Waals surface area contributed by atoms with E-state index in [9.17, 15) is 9.59 Å². The standard InChI is InChI=1S/C22H25N3O2S/c1-21(2)15-10-11-22(21,3)18(13-15)24-25-19(26)14-6-8-16(9-7-14)23-20(27)17-5-4-12-28-17/h4-9,12,15H,10-11,13H2,1-3H3,(H,23,27)(H,25,26)/b24-18+/t15-,22-/m1/s1. The number of carbonyl (C=O) groups is 2. The van der Waals surface area contributed by atoms with E-state index in [0.717, 1.165) is 18.6 Å². The third kappa shape index (κ3) is 3.05. The minimum atomic E-state index is -0.229. The van der Waals surface area contributed by atoms with Gasteiger partial charge in [-0.05, 0) is 66.3 Å². The van der Waals surface area contributed by atoms with Crippen LogP contribution in [0.25, 0.3) is 0 Å². The third-order valence-corrected chi connectivity index (χ3v) is 7.82. The van der Waals surface area contributed by atoms with Crippen molar-refractivity contribution in [2.45, 2.75) is 40.0 Å². The first-order chi connectivity index (χ1) is 13.3. The van der Waals surface area contributed by atoms with Crippen molar-refractivity contribution < 1.29 is 9.59 Å². The molecule has 1 heterocycles. The largest absolute Gasteiger partial charge is 0.321 e. The molecule has 0 spiro atoms. The average molecular weight is 396 g/mol. The van der Waals surface area contributed by atoms with E-state index in [0.29, 0.717) is 22.0 Å². The molecular formula is C22H25N3O2S. The van der Waals surface area contributed by atoms with E-state index in [2.05, 4.69) is 36.6 Å². The maximum atomic E-state index is 12.5. The molecule has 2 atom stereocenters. The highest BCUT2D eigenvalue weighted by Gasteiger charge is 2.60. The van der Waals surface area contributed by atoms with Gasteiger partial charge in [0.05, 0.1) is 4.88 Å². The lowest BCUT2D eigenvalue weighted by Crippen LogP contribution is -2.34. The second kappa shape index (κ2) is 6.85. The fraction of sp³-hybridized carbons (Fsp3) is 0.409. The van der Waals surface area contributed by atoms with Gasteiger partial charge in [-0.15, -0.1) is 11.3 Å². The Balaban J connectivity index is 1.40. The van der Waals surface area contributed by atoms with Gasteiger partial charge in [0.2, 0.25) is 0 Å². The van der Waals surface area contributed by atoms with E-state index in [1.807, 2.05) is 11.4 Å². The Morgan fingerprint density at radius 3 is 2.43 bits per heavy atom. The zero-order valence-corrected chi connectivity index (χ0v) is 17.2. The molecule has 0 radical (unpaired) electrons. The van der Waals surface area contributed by atoms with Crippen molar-refractivity contribution in [1.29, 1.82) is 0 Å². The molecule has 6 heteroatoms. The van der Waals surface area contributed by atoms with Crippen LogP contribution in [0.1, 0.15) is 60.1 Å². The van der Waals surface area contributed by atoms with E-state index >= 15 is 0 Å². The van der Waals surface area contributed by atoms with Crippen LogP contribution in [0.15, 0.2) is 46.9 Å². The summed E-state index contributed by atoms with van der Waals surface area (Å²) < 4.78 is 0. The Morgan fingerprint density at radius 2 is 1.86 bits per heavy atom. The van der Waals surface area contributed by atoms with Crippen LogP contribution in [0, 0.1) is 16.7 Å². The molecule has 0 aliphatic heterocycles. The maximum absolute atomic E-state index is 12.5. The van der Waals surface area contributed by atoms with Gasteiger partial charge in [0, 0.05) is 22.4 Å². The lowest BCUT2D eigenvalue weighted by Gasteiger charge is -2.34. The molecule has 1 aromatic carbocycles. The van der Waals surface area contributed by atoms with Crippen LogP contribution in [-0.2, 0) is 0 Å². The molecule has 2 bridgehead atoms. The number of benzene rings is 1. The van der Waals surface area contributed by atoms with Crippen LogP contribution in [0.2, 0.25) is 0 Å². The van der Waals surface area contributed by atoms with E-state index in [4.69, 9.17) is 0 Å². The van der Waals surface area contributed by atoms with E-state index in [1.54, 1.807) is 30.3 Å². The molecule has 1 aromatic heterocycles. The highest BCUT2D eigenvalue weighted by atomic mass is 32.1. The first kappa shape index (κ1) is 18.9. The smallest absolute Gasteiger partial charge is 0.271 e. The Morgan fingerprint density at radius 1 is 1.11 bits per heavy atom. The Bertz CT molecular complexity index is 931. The van der Waals surface area contributed by atoms with Gasteiger partial charge in [-0.3, -0.25) is 9.59 Å². The van der Waals surface area contributed by atoms with Crippen LogP contribution < -0.4 is 10.7 Å². The van der Waals surface area contributed by atoms with Crippen molar-refractivity contribution in [3.05, 3.63) is 52.2 Å². The monoisotopic (exact) mass is 395 g/mol. The molecule has 2 aliphatic carbocycles. The summed E-state index contributed by atoms with van der Waals surface area (Å²) in [7, 11) is 0. The number of rotatable bonds is 4. The average Bonchev–Trinajstić information content (AvgIpc) is 3.33. The molecule has 28 heavy (non-hydrogen) atoms. The minimum absolute atomic E-state index is 0.0703. The van der Waals surface area contributed by atoms with Crippen molar-refractivity contribution in [3.63, 3.8) is 0 Å². The molecule has 0 saturated heterocycles. The van der Waals surface area contributed by atoms with Crippen molar-refractivity contribution in [1.82, 2.24) is 5.43 Å². The molecule has 2 aliphatic rings. The number of carbonyl (C=O) groups excluding carboxylic acids is 2. The number of thiophene rings is 1. The second-order valence-corrected chi connectivity index (χ2v) is 9.45. The van der Waals surface area contributed by atoms with Crippen LogP contribution in [0.3, 0.4) is 0 Å². The summed E-state index contributed by atoms with van der Waals surface area (Å²) >= 11 is 1.39. The van der Waals surface area contributed by atoms with E-state index in [-0.39, 0.29) is 22.6 Å². The maximum Gasteiger partial charge on any atom is 0.271 e. The molecule has 146 valence electrons. The predicted molar refractivity (Wildman–Crippen MR) is 113 cm³/mol. The number of hydrogen-bond donors (Lipinski definition) is 2. The summed E-state index contributed by atoms with van der Waals surface area (Å²) in [5.74, 6) is 0.276. The fourth-order valence-corrected chi connectivity index (χ4v) is 5.20. The van der Waals surface area contributed by atoms with Gasteiger partial charge in [0.25, 0.3) is 11.8 Å². The lowest BCUT2D eigenvalue weighted by molar-refractivity contribution is 0.0953. The van der Waals surface area contributed by atoms with Crippen molar-refractivity contribution in [2.75, 3.05) is 5.32 Å². The summed E-state index contributed by atoms with van der Waals surface area (Å²) in [6, 6.07) is 10.5. The van der Waals surface area contributed by atoms with Gasteiger partial charge in [-0.25, -0.2) is 5.43 Å². The van der Waals surface area contributed by atoms with E-state index < -0.39 is 0 Å². The number of amides is 2. The highest BCUT2D eigenvalue weighted by molar-refractivity contribution is 7.12. The summed E-state index contributed by atoms with van der Waals surface area (Å²) in [5, 5.41) is 9.20. The summed E-state index contributed by atoms with van der Waals surface area (Å²) in [4.78, 5) is 25.2. The summed E-state index contributed by atoms with van der Waals surface area (Å²) in [6.07, 6.45) is 3.35. The quantitative estimate of drug-likeness (QED) is 0.721. The molecule has 2 saturated carbocycles. The Labute approximate surface area is 169 Å². The Kier molecular flexibility index (Phi) is 4.62. The van der Waals surface area contributed by atoms with Crippen LogP contribution in [-0.4, -0.2) is 17.5 Å². The SMILES string of the molecule is CC1(C)[C@@H]2CC[C@]1(C)/C(=N/NC(=O)c1ccc(NC(=O)c3cccs3)cc1)C2. The number of hydrazone groups is 1. The van der Waals surface area contributed by atoms with Crippen LogP contribution in [0.4, 0.5) is 5.69 Å². The number of anilines is 1. The molecule has 2 amide bonds. The molecule has 4 rings (SSSR count). The lowest BCUT2D eigenvalue weighted by atomic mass is 9.70. The van der Waals surface area contributed by atoms with Gasteiger partial charge >= 0.3 is 0 Å². The first-order valence-corrected chi connectivity index (χ1v) is 10.5. The van der Waals surface area contributed by atoms with Gasteiger partial charge in [0.15, 0.2) is 0 Å². The molecule has 2 fully saturated rings. The van der Waals surface area contributed by atoms with E-state index in [1.165, 1.54) is 17.8 Å². The molecule has 0 unspecified atom stereocenters. The highest BCUT2D eigenvalue weighted by Crippen LogP contribution is 2.63. The second-order valence-electron chi connectivity index (χ2n) is 8.50. The van der Waals surface area contributed by atoms with Gasteiger partial charge in [0.1, 0.15) is 0 Å². The molecule has 2 N–H and O–H groups in total. The number of nitrogens with one attached hydrogen (secondary N) is 2. The number of hydrogen-bond acceptors (Lipinski definition) is 4. The molecule has 5 nitrogen and oxygen atoms in total. The van der Waals surface area contributed by atoms with Crippen molar-refractivity contribution >= 4 is 34.6 Å². The van der Waals surface area contributed by atoms with Crippen LogP contribution >= 0.6 is 11.3 Å². The zero-order valence-electron chi connectivity index (χ0n) is 16.4. The third-order valence-electron chi connectivity index (χ3n) is 6.95. The molecule has 2 aromatic rings. The fourth-order valence-electron chi connectivity index (χ4n) is 4.59. The van der Waals surface area contributed by atoms with Gasteiger partial charge in [-0.2, -0.15) is 5.10 Å². The Hall–Kier alpha value is -2.47. The van der Waals surface area contributed by atoms with Gasteiger partial charge < -0.3 is 5.32 Å². The first-order valence-electron chi connectivity index (χ1n) is 9.63. The van der Waals surface area contributed by atoms with Crippen molar-refractivity contribution in [3.8, 4) is 0 Å². The summed E-state index contributed by atoms with van der Waals surface area (Å²) in [5.41, 5.74) is 5.33. The predicted octanol–water partition coefficient (Wildman–Crippen LogP) is 4.93. The van der Waals surface area contributed by atoms with Gasteiger partial charge in [-0.1, -0.05) is 26.8 Å². The normalized spacial score (nSPS) is 26.4. The molecular weight excluding hydrogens is 370 g/mol. The van der Waals surface area contributed by atoms with Crippen LogP contribution in [0.5, 0.6) is 0 Å². The summed E-state index contributed by atoms with van der Waals surface area (Å²) in [6.45, 7) is 6.91. The number of nitrogens with zero attached hydrogens (tertiary/aromatic N) is 1. The van der Waals surface area contributed by atoms with Crippen molar-refractivity contribution in [2.24, 2.45) is 21.8 Å². The zero-order chi connectivity index (χ0) is 19.9. The number of fused-ring (bicyclic) bond motifs is 2. The minimum Gasteiger partial charge on any atom is -0.321 e. The topological polar surface area (TPSA) is 70.6 Å².